The van der Waals surface area contributed by atoms with Crippen LogP contribution in [0.3, 0.4) is 0 Å². The monoisotopic (exact) mass is 289 g/mol. The van der Waals surface area contributed by atoms with Gasteiger partial charge in [0.15, 0.2) is 11.6 Å². The summed E-state index contributed by atoms with van der Waals surface area (Å²) < 4.78 is 19.2. The number of carboxylic acids is 1. The third kappa shape index (κ3) is 4.03. The van der Waals surface area contributed by atoms with Gasteiger partial charge in [-0.05, 0) is 42.4 Å². The van der Waals surface area contributed by atoms with Gasteiger partial charge in [0, 0.05) is 6.54 Å². The Morgan fingerprint density at radius 1 is 1.19 bits per heavy atom. The lowest BCUT2D eigenvalue weighted by molar-refractivity contribution is 0.0697. The van der Waals surface area contributed by atoms with Gasteiger partial charge in [0.05, 0.1) is 5.56 Å². The minimum atomic E-state index is -0.978. The lowest BCUT2D eigenvalue weighted by Crippen LogP contribution is -2.05. The van der Waals surface area contributed by atoms with E-state index in [4.69, 9.17) is 9.84 Å². The molecule has 2 N–H and O–H groups in total. The molecule has 0 heterocycles. The topological polar surface area (TPSA) is 58.6 Å². The average molecular weight is 289 g/mol. The van der Waals surface area contributed by atoms with Gasteiger partial charge in [-0.2, -0.15) is 0 Å². The molecule has 110 valence electrons. The van der Waals surface area contributed by atoms with Crippen LogP contribution in [-0.2, 0) is 13.2 Å². The minimum absolute atomic E-state index is 0.178. The second-order valence-corrected chi connectivity index (χ2v) is 4.59. The predicted octanol–water partition coefficient (Wildman–Crippen LogP) is 2.82. The number of hydrogen-bond acceptors (Lipinski definition) is 3. The molecule has 0 spiro atoms. The number of carboxylic acid groups (broad SMARTS) is 1. The molecule has 0 bridgehead atoms. The van der Waals surface area contributed by atoms with Crippen LogP contribution in [0.2, 0.25) is 0 Å². The summed E-state index contributed by atoms with van der Waals surface area (Å²) in [7, 11) is 1.79. The Morgan fingerprint density at radius 3 is 2.43 bits per heavy atom. The molecule has 0 saturated heterocycles. The lowest BCUT2D eigenvalue weighted by Gasteiger charge is -2.09. The summed E-state index contributed by atoms with van der Waals surface area (Å²) in [6.45, 7) is 0.774. The van der Waals surface area contributed by atoms with Crippen LogP contribution in [0.1, 0.15) is 21.5 Å². The highest BCUT2D eigenvalue weighted by Gasteiger charge is 2.06. The third-order valence-corrected chi connectivity index (χ3v) is 2.97. The maximum absolute atomic E-state index is 13.8. The smallest absolute Gasteiger partial charge is 0.335 e. The molecule has 0 aliphatic rings. The predicted molar refractivity (Wildman–Crippen MR) is 76.9 cm³/mol. The van der Waals surface area contributed by atoms with Crippen LogP contribution in [0.15, 0.2) is 42.5 Å². The van der Waals surface area contributed by atoms with Gasteiger partial charge in [-0.15, -0.1) is 0 Å². The van der Waals surface area contributed by atoms with Crippen LogP contribution in [0.4, 0.5) is 4.39 Å². The maximum Gasteiger partial charge on any atom is 0.335 e. The van der Waals surface area contributed by atoms with Crippen LogP contribution < -0.4 is 10.1 Å². The highest BCUT2D eigenvalue weighted by Crippen LogP contribution is 2.19. The first-order valence-electron chi connectivity index (χ1n) is 6.48. The fourth-order valence-electron chi connectivity index (χ4n) is 1.88. The van der Waals surface area contributed by atoms with E-state index in [0.29, 0.717) is 6.54 Å². The van der Waals surface area contributed by atoms with Crippen molar-refractivity contribution in [2.24, 2.45) is 0 Å². The summed E-state index contributed by atoms with van der Waals surface area (Å²) in [6, 6.07) is 11.1. The Kier molecular flexibility index (Phi) is 4.90. The number of aromatic carboxylic acids is 1. The molecule has 2 aromatic carbocycles. The molecule has 21 heavy (non-hydrogen) atoms. The van der Waals surface area contributed by atoms with Gasteiger partial charge in [0.2, 0.25) is 0 Å². The molecule has 2 rings (SSSR count). The molecule has 4 nitrogen and oxygen atoms in total. The summed E-state index contributed by atoms with van der Waals surface area (Å²) in [5.74, 6) is -1.21. The van der Waals surface area contributed by atoms with Gasteiger partial charge in [-0.3, -0.25) is 0 Å². The Bertz CT molecular complexity index is 626. The quantitative estimate of drug-likeness (QED) is 0.858. The van der Waals surface area contributed by atoms with E-state index in [1.807, 2.05) is 0 Å². The van der Waals surface area contributed by atoms with Crippen LogP contribution in [0.25, 0.3) is 0 Å². The van der Waals surface area contributed by atoms with Gasteiger partial charge in [-0.1, -0.05) is 18.2 Å². The Morgan fingerprint density at radius 2 is 1.86 bits per heavy atom. The number of ether oxygens (including phenoxy) is 1. The van der Waals surface area contributed by atoms with E-state index >= 15 is 0 Å². The summed E-state index contributed by atoms with van der Waals surface area (Å²) in [6.07, 6.45) is 0. The molecular weight excluding hydrogens is 273 g/mol. The van der Waals surface area contributed by atoms with Crippen molar-refractivity contribution in [1.29, 1.82) is 0 Å². The lowest BCUT2D eigenvalue weighted by atomic mass is 10.1. The molecule has 0 fully saturated rings. The zero-order valence-corrected chi connectivity index (χ0v) is 11.6. The van der Waals surface area contributed by atoms with Gasteiger partial charge in [-0.25, -0.2) is 9.18 Å². The van der Waals surface area contributed by atoms with Crippen LogP contribution >= 0.6 is 0 Å². The van der Waals surface area contributed by atoms with Crippen molar-refractivity contribution >= 4 is 5.97 Å². The number of rotatable bonds is 6. The zero-order valence-electron chi connectivity index (χ0n) is 11.6. The van der Waals surface area contributed by atoms with Crippen molar-refractivity contribution < 1.29 is 19.0 Å². The van der Waals surface area contributed by atoms with E-state index in [-0.39, 0.29) is 17.9 Å². The number of benzene rings is 2. The summed E-state index contributed by atoms with van der Waals surface area (Å²) in [5.41, 5.74) is 1.83. The molecule has 2 aromatic rings. The summed E-state index contributed by atoms with van der Waals surface area (Å²) in [4.78, 5) is 10.7. The first-order valence-corrected chi connectivity index (χ1v) is 6.48. The molecule has 0 unspecified atom stereocenters. The second kappa shape index (κ2) is 6.85. The number of carbonyl (C=O) groups is 1. The Labute approximate surface area is 122 Å². The SMILES string of the molecule is CNCc1ccc(OCc2ccc(C(=O)O)cc2)c(F)c1. The average Bonchev–Trinajstić information content (AvgIpc) is 2.47. The summed E-state index contributed by atoms with van der Waals surface area (Å²) in [5, 5.41) is 11.8. The fraction of sp³-hybridized carbons (Fsp3) is 0.188. The molecule has 0 radical (unpaired) electrons. The van der Waals surface area contributed by atoms with Gasteiger partial charge >= 0.3 is 5.97 Å². The van der Waals surface area contributed by atoms with Gasteiger partial charge in [0.1, 0.15) is 6.61 Å². The minimum Gasteiger partial charge on any atom is -0.486 e. The highest BCUT2D eigenvalue weighted by atomic mass is 19.1. The van der Waals surface area contributed by atoms with Crippen LogP contribution in [0.5, 0.6) is 5.75 Å². The molecule has 0 atom stereocenters. The van der Waals surface area contributed by atoms with E-state index in [1.165, 1.54) is 18.2 Å². The van der Waals surface area contributed by atoms with E-state index in [0.717, 1.165) is 11.1 Å². The first kappa shape index (κ1) is 15.0. The van der Waals surface area contributed by atoms with Crippen molar-refractivity contribution in [2.45, 2.75) is 13.2 Å². The van der Waals surface area contributed by atoms with E-state index in [2.05, 4.69) is 5.32 Å². The normalized spacial score (nSPS) is 10.4. The number of hydrogen-bond donors (Lipinski definition) is 2. The molecule has 0 aliphatic carbocycles. The second-order valence-electron chi connectivity index (χ2n) is 4.59. The van der Waals surface area contributed by atoms with Crippen molar-refractivity contribution in [2.75, 3.05) is 7.05 Å². The molecule has 0 aromatic heterocycles. The molecular formula is C16H16FNO3. The Balaban J connectivity index is 2.00. The van der Waals surface area contributed by atoms with Crippen molar-refractivity contribution in [1.82, 2.24) is 5.32 Å². The van der Waals surface area contributed by atoms with E-state index in [1.54, 1.807) is 31.3 Å². The van der Waals surface area contributed by atoms with E-state index < -0.39 is 11.8 Å². The highest BCUT2D eigenvalue weighted by molar-refractivity contribution is 5.87. The standard InChI is InChI=1S/C16H16FNO3/c1-18-9-12-4-7-15(14(17)8-12)21-10-11-2-5-13(6-3-11)16(19)20/h2-8,18H,9-10H2,1H3,(H,19,20). The third-order valence-electron chi connectivity index (χ3n) is 2.97. The zero-order chi connectivity index (χ0) is 15.2. The van der Waals surface area contributed by atoms with E-state index in [9.17, 15) is 9.18 Å². The van der Waals surface area contributed by atoms with Gasteiger partial charge in [0.25, 0.3) is 0 Å². The van der Waals surface area contributed by atoms with Crippen molar-refractivity contribution in [3.8, 4) is 5.75 Å². The fourth-order valence-corrected chi connectivity index (χ4v) is 1.88. The summed E-state index contributed by atoms with van der Waals surface area (Å²) >= 11 is 0. The van der Waals surface area contributed by atoms with Crippen molar-refractivity contribution in [3.63, 3.8) is 0 Å². The first-order chi connectivity index (χ1) is 10.1. The van der Waals surface area contributed by atoms with Crippen LogP contribution in [0, 0.1) is 5.82 Å². The number of halogens is 1. The molecule has 0 saturated carbocycles. The van der Waals surface area contributed by atoms with Crippen molar-refractivity contribution in [3.05, 3.63) is 65.0 Å². The maximum atomic E-state index is 13.8. The number of nitrogens with one attached hydrogen (secondary N) is 1. The largest absolute Gasteiger partial charge is 0.486 e. The molecule has 5 heteroatoms. The Hall–Kier alpha value is -2.40. The molecule has 0 aliphatic heterocycles. The van der Waals surface area contributed by atoms with Gasteiger partial charge < -0.3 is 15.2 Å². The van der Waals surface area contributed by atoms with Crippen LogP contribution in [-0.4, -0.2) is 18.1 Å². The molecule has 0 amide bonds.